The van der Waals surface area contributed by atoms with Gasteiger partial charge in [0.25, 0.3) is 0 Å². The predicted octanol–water partition coefficient (Wildman–Crippen LogP) is 1.57. The smallest absolute Gasteiger partial charge is 0.248 e. The predicted molar refractivity (Wildman–Crippen MR) is 76.5 cm³/mol. The number of ether oxygens (including phenoxy) is 3. The van der Waals surface area contributed by atoms with Crippen LogP contribution < -0.4 is 0 Å². The summed E-state index contributed by atoms with van der Waals surface area (Å²) in [5.41, 5.74) is 1.12. The first-order chi connectivity index (χ1) is 10.0. The van der Waals surface area contributed by atoms with E-state index in [9.17, 15) is 4.79 Å². The number of carbonyl (C=O) groups excluding carboxylic acids is 1. The third kappa shape index (κ3) is 3.43. The van der Waals surface area contributed by atoms with Gasteiger partial charge in [-0.3, -0.25) is 4.79 Å². The summed E-state index contributed by atoms with van der Waals surface area (Å²) in [7, 11) is 0. The van der Waals surface area contributed by atoms with Crippen LogP contribution in [-0.2, 0) is 25.5 Å². The van der Waals surface area contributed by atoms with Crippen LogP contribution in [0.2, 0.25) is 0 Å². The molecule has 0 radical (unpaired) electrons. The van der Waals surface area contributed by atoms with E-state index in [0.29, 0.717) is 19.7 Å². The Bertz CT molecular complexity index is 502. The van der Waals surface area contributed by atoms with E-state index in [1.807, 2.05) is 49.1 Å². The summed E-state index contributed by atoms with van der Waals surface area (Å²) >= 11 is 0. The summed E-state index contributed by atoms with van der Waals surface area (Å²) in [6.45, 7) is 5.54. The van der Waals surface area contributed by atoms with Crippen LogP contribution in [0.25, 0.3) is 0 Å². The lowest BCUT2D eigenvalue weighted by Crippen LogP contribution is -2.51. The summed E-state index contributed by atoms with van der Waals surface area (Å²) in [6.07, 6.45) is -0.250. The number of benzene rings is 1. The first-order valence-electron chi connectivity index (χ1n) is 7.28. The van der Waals surface area contributed by atoms with E-state index in [-0.39, 0.29) is 24.7 Å². The zero-order chi connectivity index (χ0) is 14.9. The highest BCUT2D eigenvalue weighted by atomic mass is 16.7. The average Bonchev–Trinajstić information content (AvgIpc) is 2.83. The molecular weight excluding hydrogens is 270 g/mol. The van der Waals surface area contributed by atoms with E-state index in [1.54, 1.807) is 0 Å². The molecule has 114 valence electrons. The van der Waals surface area contributed by atoms with Crippen LogP contribution in [0.5, 0.6) is 0 Å². The summed E-state index contributed by atoms with van der Waals surface area (Å²) in [4.78, 5) is 13.8. The molecule has 5 nitrogen and oxygen atoms in total. The number of rotatable bonds is 3. The van der Waals surface area contributed by atoms with E-state index < -0.39 is 5.79 Å². The largest absolute Gasteiger partial charge is 0.364 e. The molecule has 2 aliphatic heterocycles. The second-order valence-electron chi connectivity index (χ2n) is 5.98. The molecule has 0 bridgehead atoms. The molecule has 21 heavy (non-hydrogen) atoms. The van der Waals surface area contributed by atoms with Gasteiger partial charge < -0.3 is 19.1 Å². The Morgan fingerprint density at radius 2 is 2.00 bits per heavy atom. The van der Waals surface area contributed by atoms with Crippen molar-refractivity contribution >= 4 is 5.91 Å². The van der Waals surface area contributed by atoms with E-state index in [2.05, 4.69) is 0 Å². The van der Waals surface area contributed by atoms with Crippen LogP contribution in [0.15, 0.2) is 30.3 Å². The van der Waals surface area contributed by atoms with Crippen molar-refractivity contribution in [2.24, 2.45) is 0 Å². The molecule has 2 saturated heterocycles. The van der Waals surface area contributed by atoms with Crippen LogP contribution in [0.3, 0.4) is 0 Å². The van der Waals surface area contributed by atoms with Crippen molar-refractivity contribution in [3.8, 4) is 0 Å². The maximum absolute atomic E-state index is 12.0. The normalized spacial score (nSPS) is 28.9. The highest BCUT2D eigenvalue weighted by Crippen LogP contribution is 2.27. The number of hydrogen-bond acceptors (Lipinski definition) is 4. The van der Waals surface area contributed by atoms with E-state index in [1.165, 1.54) is 0 Å². The lowest BCUT2D eigenvalue weighted by atomic mass is 10.1. The van der Waals surface area contributed by atoms with Gasteiger partial charge in [0.2, 0.25) is 5.91 Å². The minimum Gasteiger partial charge on any atom is -0.364 e. The zero-order valence-corrected chi connectivity index (χ0v) is 12.5. The Labute approximate surface area is 124 Å². The average molecular weight is 291 g/mol. The summed E-state index contributed by atoms with van der Waals surface area (Å²) in [5, 5.41) is 0. The molecule has 1 amide bonds. The minimum absolute atomic E-state index is 0.0216. The van der Waals surface area contributed by atoms with Gasteiger partial charge in [0.05, 0.1) is 6.61 Å². The van der Waals surface area contributed by atoms with Crippen LogP contribution in [0.4, 0.5) is 0 Å². The quantitative estimate of drug-likeness (QED) is 0.848. The van der Waals surface area contributed by atoms with Crippen molar-refractivity contribution in [2.45, 2.75) is 38.4 Å². The summed E-state index contributed by atoms with van der Waals surface area (Å²) in [6, 6.07) is 9.98. The number of morpholine rings is 1. The van der Waals surface area contributed by atoms with Gasteiger partial charge in [-0.2, -0.15) is 0 Å². The molecule has 0 aromatic heterocycles. The van der Waals surface area contributed by atoms with Crippen molar-refractivity contribution in [3.05, 3.63) is 35.9 Å². The Kier molecular flexibility index (Phi) is 3.97. The lowest BCUT2D eigenvalue weighted by Gasteiger charge is -2.35. The molecule has 0 N–H and O–H groups in total. The number of hydrogen-bond donors (Lipinski definition) is 0. The Hall–Kier alpha value is -1.43. The van der Waals surface area contributed by atoms with E-state index >= 15 is 0 Å². The molecule has 2 heterocycles. The summed E-state index contributed by atoms with van der Waals surface area (Å²) < 4.78 is 17.1. The monoisotopic (exact) mass is 291 g/mol. The molecule has 2 aliphatic rings. The fourth-order valence-electron chi connectivity index (χ4n) is 2.72. The SMILES string of the molecule is CC1(C)OC[C@@H]([C@H]2CN(Cc3ccccc3)C(=O)CO2)O1. The van der Waals surface area contributed by atoms with Crippen LogP contribution in [0, 0.1) is 0 Å². The second kappa shape index (κ2) is 5.75. The third-order valence-electron chi connectivity index (χ3n) is 3.84. The van der Waals surface area contributed by atoms with Gasteiger partial charge in [-0.15, -0.1) is 0 Å². The second-order valence-corrected chi connectivity index (χ2v) is 5.98. The summed E-state index contributed by atoms with van der Waals surface area (Å²) in [5.74, 6) is -0.548. The van der Waals surface area contributed by atoms with Gasteiger partial charge in [-0.05, 0) is 19.4 Å². The Morgan fingerprint density at radius 1 is 1.24 bits per heavy atom. The van der Waals surface area contributed by atoms with Crippen molar-refractivity contribution in [1.29, 1.82) is 0 Å². The molecule has 1 aromatic carbocycles. The molecule has 2 fully saturated rings. The minimum atomic E-state index is -0.570. The lowest BCUT2D eigenvalue weighted by molar-refractivity contribution is -0.174. The number of amides is 1. The molecular formula is C16H21NO4. The van der Waals surface area contributed by atoms with Crippen LogP contribution in [-0.4, -0.2) is 48.6 Å². The molecule has 3 rings (SSSR count). The fraction of sp³-hybridized carbons (Fsp3) is 0.562. The van der Waals surface area contributed by atoms with Gasteiger partial charge in [-0.25, -0.2) is 0 Å². The van der Waals surface area contributed by atoms with Crippen LogP contribution in [0.1, 0.15) is 19.4 Å². The van der Waals surface area contributed by atoms with Crippen molar-refractivity contribution < 1.29 is 19.0 Å². The number of nitrogens with zero attached hydrogens (tertiary/aromatic N) is 1. The van der Waals surface area contributed by atoms with E-state index in [4.69, 9.17) is 14.2 Å². The standard InChI is InChI=1S/C16H21NO4/c1-16(2)20-10-14(21-16)13-9-17(15(18)11-19-13)8-12-6-4-3-5-7-12/h3-7,13-14H,8-11H2,1-2H3/t13-,14+/m1/s1. The highest BCUT2D eigenvalue weighted by molar-refractivity contribution is 5.78. The molecule has 0 spiro atoms. The zero-order valence-electron chi connectivity index (χ0n) is 12.5. The molecule has 1 aromatic rings. The third-order valence-corrected chi connectivity index (χ3v) is 3.84. The molecule has 2 atom stereocenters. The highest BCUT2D eigenvalue weighted by Gasteiger charge is 2.41. The van der Waals surface area contributed by atoms with Gasteiger partial charge in [0.15, 0.2) is 5.79 Å². The van der Waals surface area contributed by atoms with Crippen molar-refractivity contribution in [1.82, 2.24) is 4.90 Å². The topological polar surface area (TPSA) is 48.0 Å². The maximum Gasteiger partial charge on any atom is 0.248 e. The van der Waals surface area contributed by atoms with Gasteiger partial charge >= 0.3 is 0 Å². The van der Waals surface area contributed by atoms with Gasteiger partial charge in [0.1, 0.15) is 18.8 Å². The Balaban J connectivity index is 1.64. The number of carbonyl (C=O) groups is 1. The van der Waals surface area contributed by atoms with Crippen LogP contribution >= 0.6 is 0 Å². The maximum atomic E-state index is 12.0. The Morgan fingerprint density at radius 3 is 2.67 bits per heavy atom. The van der Waals surface area contributed by atoms with E-state index in [0.717, 1.165) is 5.56 Å². The van der Waals surface area contributed by atoms with Crippen molar-refractivity contribution in [2.75, 3.05) is 19.8 Å². The molecule has 0 saturated carbocycles. The van der Waals surface area contributed by atoms with Gasteiger partial charge in [-0.1, -0.05) is 30.3 Å². The fourth-order valence-corrected chi connectivity index (χ4v) is 2.72. The first kappa shape index (κ1) is 14.5. The molecule has 5 heteroatoms. The van der Waals surface area contributed by atoms with Crippen molar-refractivity contribution in [3.63, 3.8) is 0 Å². The molecule has 0 aliphatic carbocycles. The first-order valence-corrected chi connectivity index (χ1v) is 7.28. The van der Waals surface area contributed by atoms with Gasteiger partial charge in [0, 0.05) is 13.1 Å². The molecule has 0 unspecified atom stereocenters.